The number of hydrogen-bond donors (Lipinski definition) is 3. The maximum absolute atomic E-state index is 12.6. The molecule has 180 valence electrons. The molecule has 0 saturated carbocycles. The first-order valence-electron chi connectivity index (χ1n) is 11.4. The fourth-order valence-electron chi connectivity index (χ4n) is 2.83. The highest BCUT2D eigenvalue weighted by atomic mass is 16.6. The van der Waals surface area contributed by atoms with Crippen molar-refractivity contribution < 1.29 is 23.9 Å². The first-order chi connectivity index (χ1) is 15.2. The highest BCUT2D eigenvalue weighted by Crippen LogP contribution is 2.07. The van der Waals surface area contributed by atoms with Crippen LogP contribution in [0.2, 0.25) is 0 Å². The molecule has 0 aliphatic rings. The second-order valence-electron chi connectivity index (χ2n) is 8.66. The number of benzene rings is 1. The number of carbonyl (C=O) groups is 3. The maximum atomic E-state index is 12.6. The SMILES string of the molecule is CCCCCCNC(=O)[C@@H](CCNCC(=O)OCc1ccccc1)NC(=O)OC(C)(C)C. The Balaban J connectivity index is 2.43. The Bertz CT molecular complexity index is 689. The minimum atomic E-state index is -0.760. The number of hydrogen-bond acceptors (Lipinski definition) is 6. The van der Waals surface area contributed by atoms with E-state index >= 15 is 0 Å². The van der Waals surface area contributed by atoms with E-state index in [4.69, 9.17) is 9.47 Å². The van der Waals surface area contributed by atoms with Gasteiger partial charge in [0.05, 0.1) is 6.54 Å². The highest BCUT2D eigenvalue weighted by Gasteiger charge is 2.24. The third kappa shape index (κ3) is 13.6. The van der Waals surface area contributed by atoms with Crippen molar-refractivity contribution in [1.29, 1.82) is 0 Å². The number of carbonyl (C=O) groups excluding carboxylic acids is 3. The minimum Gasteiger partial charge on any atom is -0.460 e. The van der Waals surface area contributed by atoms with E-state index in [0.29, 0.717) is 19.5 Å². The summed E-state index contributed by atoms with van der Waals surface area (Å²) in [5.41, 5.74) is 0.254. The zero-order valence-electron chi connectivity index (χ0n) is 19.9. The van der Waals surface area contributed by atoms with Gasteiger partial charge in [-0.05, 0) is 45.7 Å². The largest absolute Gasteiger partial charge is 0.460 e. The van der Waals surface area contributed by atoms with Crippen molar-refractivity contribution in [2.45, 2.75) is 78.0 Å². The van der Waals surface area contributed by atoms with Crippen LogP contribution in [-0.2, 0) is 25.7 Å². The molecule has 2 amide bonds. The highest BCUT2D eigenvalue weighted by molar-refractivity contribution is 5.85. The molecular formula is C24H39N3O5. The molecule has 0 aromatic heterocycles. The number of unbranched alkanes of at least 4 members (excludes halogenated alkanes) is 3. The zero-order valence-corrected chi connectivity index (χ0v) is 19.9. The Morgan fingerprint density at radius 3 is 2.38 bits per heavy atom. The second-order valence-corrected chi connectivity index (χ2v) is 8.66. The van der Waals surface area contributed by atoms with Gasteiger partial charge >= 0.3 is 12.1 Å². The number of amides is 2. The maximum Gasteiger partial charge on any atom is 0.408 e. The minimum absolute atomic E-state index is 0.0185. The molecule has 0 aliphatic heterocycles. The molecule has 1 aromatic carbocycles. The molecule has 0 aliphatic carbocycles. The number of nitrogens with one attached hydrogen (secondary N) is 3. The zero-order chi connectivity index (χ0) is 23.8. The van der Waals surface area contributed by atoms with Crippen molar-refractivity contribution >= 4 is 18.0 Å². The second kappa shape index (κ2) is 15.2. The van der Waals surface area contributed by atoms with Gasteiger partial charge in [-0.3, -0.25) is 9.59 Å². The Labute approximate surface area is 191 Å². The molecule has 1 rings (SSSR count). The molecule has 32 heavy (non-hydrogen) atoms. The summed E-state index contributed by atoms with van der Waals surface area (Å²) in [6, 6.07) is 8.67. The molecule has 1 atom stereocenters. The van der Waals surface area contributed by atoms with E-state index in [1.54, 1.807) is 20.8 Å². The summed E-state index contributed by atoms with van der Waals surface area (Å²) in [6.07, 6.45) is 3.85. The van der Waals surface area contributed by atoms with Crippen LogP contribution in [0.1, 0.15) is 65.4 Å². The first-order valence-corrected chi connectivity index (χ1v) is 11.4. The van der Waals surface area contributed by atoms with E-state index < -0.39 is 17.7 Å². The summed E-state index contributed by atoms with van der Waals surface area (Å²) in [6.45, 7) is 8.56. The molecule has 0 heterocycles. The Kier molecular flexibility index (Phi) is 13.1. The van der Waals surface area contributed by atoms with Gasteiger partial charge in [0.25, 0.3) is 0 Å². The van der Waals surface area contributed by atoms with Gasteiger partial charge in [-0.15, -0.1) is 0 Å². The van der Waals surface area contributed by atoms with Crippen LogP contribution in [0.3, 0.4) is 0 Å². The molecule has 0 saturated heterocycles. The quantitative estimate of drug-likeness (QED) is 0.297. The lowest BCUT2D eigenvalue weighted by Gasteiger charge is -2.23. The fourth-order valence-corrected chi connectivity index (χ4v) is 2.83. The summed E-state index contributed by atoms with van der Waals surface area (Å²) in [7, 11) is 0. The summed E-state index contributed by atoms with van der Waals surface area (Å²) >= 11 is 0. The molecule has 1 aromatic rings. The molecular weight excluding hydrogens is 410 g/mol. The van der Waals surface area contributed by atoms with E-state index in [1.807, 2.05) is 30.3 Å². The van der Waals surface area contributed by atoms with Crippen molar-refractivity contribution in [3.05, 3.63) is 35.9 Å². The van der Waals surface area contributed by atoms with Crippen molar-refractivity contribution in [3.8, 4) is 0 Å². The van der Waals surface area contributed by atoms with Crippen molar-refractivity contribution in [1.82, 2.24) is 16.0 Å². The third-order valence-corrected chi connectivity index (χ3v) is 4.46. The number of ether oxygens (including phenoxy) is 2. The molecule has 3 N–H and O–H groups in total. The monoisotopic (exact) mass is 449 g/mol. The average Bonchev–Trinajstić information content (AvgIpc) is 2.73. The van der Waals surface area contributed by atoms with Crippen LogP contribution in [0.25, 0.3) is 0 Å². The van der Waals surface area contributed by atoms with Gasteiger partial charge in [0, 0.05) is 6.54 Å². The van der Waals surface area contributed by atoms with Crippen LogP contribution >= 0.6 is 0 Å². The third-order valence-electron chi connectivity index (χ3n) is 4.46. The van der Waals surface area contributed by atoms with Crippen LogP contribution in [0, 0.1) is 0 Å². The average molecular weight is 450 g/mol. The number of alkyl carbamates (subject to hydrolysis) is 1. The van der Waals surface area contributed by atoms with E-state index in [0.717, 1.165) is 31.2 Å². The van der Waals surface area contributed by atoms with E-state index in [9.17, 15) is 14.4 Å². The predicted molar refractivity (Wildman–Crippen MR) is 124 cm³/mol. The van der Waals surface area contributed by atoms with Crippen LogP contribution in [0.4, 0.5) is 4.79 Å². The summed E-state index contributed by atoms with van der Waals surface area (Å²) in [5, 5.41) is 8.47. The smallest absolute Gasteiger partial charge is 0.408 e. The van der Waals surface area contributed by atoms with E-state index in [1.165, 1.54) is 0 Å². The molecule has 0 unspecified atom stereocenters. The van der Waals surface area contributed by atoms with Gasteiger partial charge in [-0.2, -0.15) is 0 Å². The van der Waals surface area contributed by atoms with Gasteiger partial charge in [-0.1, -0.05) is 56.5 Å². The molecule has 0 bridgehead atoms. The summed E-state index contributed by atoms with van der Waals surface area (Å²) in [4.78, 5) is 36.6. The van der Waals surface area contributed by atoms with Crippen LogP contribution < -0.4 is 16.0 Å². The van der Waals surface area contributed by atoms with Crippen molar-refractivity contribution in [2.24, 2.45) is 0 Å². The lowest BCUT2D eigenvalue weighted by molar-refractivity contribution is -0.143. The lowest BCUT2D eigenvalue weighted by Crippen LogP contribution is -2.49. The summed E-state index contributed by atoms with van der Waals surface area (Å²) in [5.74, 6) is -0.647. The first kappa shape index (κ1) is 27.4. The van der Waals surface area contributed by atoms with Gasteiger partial charge in [-0.25, -0.2) is 4.79 Å². The lowest BCUT2D eigenvalue weighted by atomic mass is 10.1. The number of esters is 1. The molecule has 0 radical (unpaired) electrons. The van der Waals surface area contributed by atoms with Crippen molar-refractivity contribution in [2.75, 3.05) is 19.6 Å². The molecule has 0 fully saturated rings. The van der Waals surface area contributed by atoms with Gasteiger partial charge < -0.3 is 25.4 Å². The van der Waals surface area contributed by atoms with Gasteiger partial charge in [0.1, 0.15) is 18.2 Å². The van der Waals surface area contributed by atoms with Crippen LogP contribution in [0.15, 0.2) is 30.3 Å². The van der Waals surface area contributed by atoms with Crippen molar-refractivity contribution in [3.63, 3.8) is 0 Å². The summed E-state index contributed by atoms with van der Waals surface area (Å²) < 4.78 is 10.5. The van der Waals surface area contributed by atoms with E-state index in [-0.39, 0.29) is 25.0 Å². The van der Waals surface area contributed by atoms with Crippen LogP contribution in [-0.4, -0.2) is 49.2 Å². The Morgan fingerprint density at radius 1 is 1.00 bits per heavy atom. The van der Waals surface area contributed by atoms with Gasteiger partial charge in [0.15, 0.2) is 0 Å². The standard InChI is InChI=1S/C24H39N3O5/c1-5-6-7-11-15-26-22(29)20(27-23(30)32-24(2,3)4)14-16-25-17-21(28)31-18-19-12-9-8-10-13-19/h8-10,12-13,20,25H,5-7,11,14-18H2,1-4H3,(H,26,29)(H,27,30)/t20-/m1/s1. The van der Waals surface area contributed by atoms with Crippen LogP contribution in [0.5, 0.6) is 0 Å². The number of rotatable bonds is 14. The van der Waals surface area contributed by atoms with E-state index in [2.05, 4.69) is 22.9 Å². The molecule has 0 spiro atoms. The Morgan fingerprint density at radius 2 is 1.72 bits per heavy atom. The predicted octanol–water partition coefficient (Wildman–Crippen LogP) is 3.30. The topological polar surface area (TPSA) is 106 Å². The van der Waals surface area contributed by atoms with Gasteiger partial charge in [0.2, 0.25) is 5.91 Å². The Hall–Kier alpha value is -2.61. The molecule has 8 nitrogen and oxygen atoms in total. The molecule has 8 heteroatoms. The fraction of sp³-hybridized carbons (Fsp3) is 0.625. The normalized spacial score (nSPS) is 12.0.